The zero-order valence-corrected chi connectivity index (χ0v) is 12.7. The van der Waals surface area contributed by atoms with E-state index in [0.29, 0.717) is 0 Å². The number of nitrogens with zero attached hydrogens (tertiary/aromatic N) is 3. The maximum atomic E-state index is 4.46. The molecule has 22 heavy (non-hydrogen) atoms. The third-order valence-electron chi connectivity index (χ3n) is 4.47. The van der Waals surface area contributed by atoms with Gasteiger partial charge in [0.25, 0.3) is 0 Å². The van der Waals surface area contributed by atoms with Crippen molar-refractivity contribution in [3.05, 3.63) is 69.7 Å². The lowest BCUT2D eigenvalue weighted by Gasteiger charge is -2.33. The Morgan fingerprint density at radius 2 is 2.09 bits per heavy atom. The molecule has 1 aliphatic carbocycles. The minimum absolute atomic E-state index is 0.169. The molecule has 1 aromatic carbocycles. The summed E-state index contributed by atoms with van der Waals surface area (Å²) in [5, 5.41) is 10.1. The van der Waals surface area contributed by atoms with Gasteiger partial charge in [-0.05, 0) is 35.4 Å². The average molecular weight is 306 g/mol. The third-order valence-corrected chi connectivity index (χ3v) is 5.39. The number of aryl methyl sites for hydroxylation is 1. The summed E-state index contributed by atoms with van der Waals surface area (Å²) in [5.41, 5.74) is 5.35. The van der Waals surface area contributed by atoms with Crippen LogP contribution in [0.3, 0.4) is 0 Å². The predicted octanol–water partition coefficient (Wildman–Crippen LogP) is 3.71. The minimum atomic E-state index is 0.169. The number of nitrogens with one attached hydrogen (secondary N) is 1. The second-order valence-electron chi connectivity index (χ2n) is 5.63. The van der Waals surface area contributed by atoms with E-state index in [1.807, 2.05) is 4.68 Å². The van der Waals surface area contributed by atoms with Crippen LogP contribution in [0.25, 0.3) is 5.70 Å². The first-order valence-electron chi connectivity index (χ1n) is 7.43. The van der Waals surface area contributed by atoms with Crippen LogP contribution in [0.5, 0.6) is 0 Å². The van der Waals surface area contributed by atoms with E-state index in [0.717, 1.165) is 18.8 Å². The molecule has 2 aromatic heterocycles. The molecule has 1 aliphatic heterocycles. The van der Waals surface area contributed by atoms with Crippen molar-refractivity contribution in [2.75, 3.05) is 5.32 Å². The highest BCUT2D eigenvalue weighted by Gasteiger charge is 2.33. The zero-order valence-electron chi connectivity index (χ0n) is 11.9. The van der Waals surface area contributed by atoms with Crippen molar-refractivity contribution in [1.82, 2.24) is 14.8 Å². The topological polar surface area (TPSA) is 42.7 Å². The summed E-state index contributed by atoms with van der Waals surface area (Å²) in [7, 11) is 0. The van der Waals surface area contributed by atoms with Gasteiger partial charge in [0.15, 0.2) is 0 Å². The highest BCUT2D eigenvalue weighted by Crippen LogP contribution is 2.44. The van der Waals surface area contributed by atoms with E-state index in [9.17, 15) is 0 Å². The van der Waals surface area contributed by atoms with E-state index < -0.39 is 0 Å². The quantitative estimate of drug-likeness (QED) is 0.745. The van der Waals surface area contributed by atoms with Crippen molar-refractivity contribution >= 4 is 23.0 Å². The molecule has 108 valence electrons. The number of anilines is 1. The van der Waals surface area contributed by atoms with Gasteiger partial charge in [-0.15, -0.1) is 11.3 Å². The van der Waals surface area contributed by atoms with E-state index in [-0.39, 0.29) is 6.04 Å². The van der Waals surface area contributed by atoms with Gasteiger partial charge in [-0.1, -0.05) is 30.3 Å². The molecule has 3 heterocycles. The van der Waals surface area contributed by atoms with Crippen molar-refractivity contribution in [3.63, 3.8) is 0 Å². The average Bonchev–Trinajstić information content (AvgIpc) is 3.24. The van der Waals surface area contributed by atoms with Crippen LogP contribution in [-0.2, 0) is 6.42 Å². The smallest absolute Gasteiger partial charge is 0.226 e. The molecule has 0 amide bonds. The van der Waals surface area contributed by atoms with Gasteiger partial charge < -0.3 is 5.32 Å². The standard InChI is InChI=1S/C17H14N4S/c1-2-5-12-11(4-1)7-8-13-15(12)20-17-18-10-19-21(17)16(13)14-6-3-9-22-14/h1-6,9-10,16H,7-8H2,(H,18,19,20)/t16-/m0/s1. The van der Waals surface area contributed by atoms with Gasteiger partial charge in [0.1, 0.15) is 12.4 Å². The molecule has 1 atom stereocenters. The maximum absolute atomic E-state index is 4.46. The summed E-state index contributed by atoms with van der Waals surface area (Å²) in [4.78, 5) is 5.71. The monoisotopic (exact) mass is 306 g/mol. The second kappa shape index (κ2) is 4.55. The van der Waals surface area contributed by atoms with Gasteiger partial charge in [0.05, 0.1) is 5.70 Å². The van der Waals surface area contributed by atoms with E-state index in [1.165, 1.54) is 27.3 Å². The highest BCUT2D eigenvalue weighted by molar-refractivity contribution is 7.10. The number of hydrogen-bond acceptors (Lipinski definition) is 4. The Hall–Kier alpha value is -2.40. The predicted molar refractivity (Wildman–Crippen MR) is 87.8 cm³/mol. The van der Waals surface area contributed by atoms with E-state index in [2.05, 4.69) is 57.2 Å². The fraction of sp³-hybridized carbons (Fsp3) is 0.176. The van der Waals surface area contributed by atoms with Crippen LogP contribution in [0.4, 0.5) is 5.95 Å². The fourth-order valence-electron chi connectivity index (χ4n) is 3.50. The second-order valence-corrected chi connectivity index (χ2v) is 6.61. The van der Waals surface area contributed by atoms with Gasteiger partial charge in [0.2, 0.25) is 5.95 Å². The molecule has 0 bridgehead atoms. The summed E-state index contributed by atoms with van der Waals surface area (Å²) in [6.45, 7) is 0. The first-order chi connectivity index (χ1) is 10.9. The first-order valence-corrected chi connectivity index (χ1v) is 8.31. The van der Waals surface area contributed by atoms with Crippen molar-refractivity contribution in [2.24, 2.45) is 0 Å². The number of aromatic nitrogens is 3. The van der Waals surface area contributed by atoms with Gasteiger partial charge in [-0.3, -0.25) is 0 Å². The fourth-order valence-corrected chi connectivity index (χ4v) is 4.34. The van der Waals surface area contributed by atoms with E-state index in [1.54, 1.807) is 17.7 Å². The van der Waals surface area contributed by atoms with Gasteiger partial charge >= 0.3 is 0 Å². The molecule has 5 rings (SSSR count). The largest absolute Gasteiger partial charge is 0.324 e. The molecule has 0 unspecified atom stereocenters. The lowest BCUT2D eigenvalue weighted by molar-refractivity contribution is 0.569. The minimum Gasteiger partial charge on any atom is -0.324 e. The van der Waals surface area contributed by atoms with Crippen LogP contribution >= 0.6 is 11.3 Å². The van der Waals surface area contributed by atoms with E-state index in [4.69, 9.17) is 0 Å². The summed E-state index contributed by atoms with van der Waals surface area (Å²) in [5.74, 6) is 0.828. The van der Waals surface area contributed by atoms with E-state index >= 15 is 0 Å². The van der Waals surface area contributed by atoms with Crippen molar-refractivity contribution in [3.8, 4) is 0 Å². The number of hydrogen-bond donors (Lipinski definition) is 1. The molecule has 4 nitrogen and oxygen atoms in total. The molecular weight excluding hydrogens is 292 g/mol. The Balaban J connectivity index is 1.76. The lowest BCUT2D eigenvalue weighted by atomic mass is 9.84. The molecular formula is C17H14N4S. The SMILES string of the molecule is c1csc([C@@H]2C3=C(Nc4ncnn42)c2ccccc2CC3)c1. The summed E-state index contributed by atoms with van der Waals surface area (Å²) < 4.78 is 2.01. The summed E-state index contributed by atoms with van der Waals surface area (Å²) in [6.07, 6.45) is 3.77. The van der Waals surface area contributed by atoms with Crippen molar-refractivity contribution < 1.29 is 0 Å². The first kappa shape index (κ1) is 12.2. The van der Waals surface area contributed by atoms with Crippen LogP contribution in [-0.4, -0.2) is 14.8 Å². The third kappa shape index (κ3) is 1.63. The van der Waals surface area contributed by atoms with Crippen molar-refractivity contribution in [1.29, 1.82) is 0 Å². The Morgan fingerprint density at radius 3 is 3.00 bits per heavy atom. The molecule has 0 radical (unpaired) electrons. The van der Waals surface area contributed by atoms with Crippen LogP contribution in [0.15, 0.2) is 53.7 Å². The molecule has 0 saturated heterocycles. The lowest BCUT2D eigenvalue weighted by Crippen LogP contribution is -2.27. The molecule has 2 aliphatic rings. The number of allylic oxidation sites excluding steroid dienone is 1. The molecule has 5 heteroatoms. The van der Waals surface area contributed by atoms with Gasteiger partial charge in [-0.2, -0.15) is 10.1 Å². The van der Waals surface area contributed by atoms with Crippen LogP contribution < -0.4 is 5.32 Å². The Bertz CT molecular complexity index is 876. The summed E-state index contributed by atoms with van der Waals surface area (Å²) in [6, 6.07) is 13.1. The Kier molecular flexibility index (Phi) is 2.52. The van der Waals surface area contributed by atoms with Gasteiger partial charge in [0, 0.05) is 10.4 Å². The Labute approximate surface area is 132 Å². The number of benzene rings is 1. The number of thiophene rings is 1. The number of fused-ring (bicyclic) bond motifs is 3. The highest BCUT2D eigenvalue weighted by atomic mass is 32.1. The molecule has 0 fully saturated rings. The van der Waals surface area contributed by atoms with Crippen LogP contribution in [0.2, 0.25) is 0 Å². The van der Waals surface area contributed by atoms with Crippen LogP contribution in [0, 0.1) is 0 Å². The zero-order chi connectivity index (χ0) is 14.5. The van der Waals surface area contributed by atoms with Crippen molar-refractivity contribution in [2.45, 2.75) is 18.9 Å². The number of rotatable bonds is 1. The maximum Gasteiger partial charge on any atom is 0.226 e. The van der Waals surface area contributed by atoms with Crippen LogP contribution in [0.1, 0.15) is 28.5 Å². The molecule has 0 spiro atoms. The Morgan fingerprint density at radius 1 is 1.14 bits per heavy atom. The summed E-state index contributed by atoms with van der Waals surface area (Å²) >= 11 is 1.78. The molecule has 1 N–H and O–H groups in total. The normalized spacial score (nSPS) is 19.2. The molecule has 0 saturated carbocycles. The molecule has 3 aromatic rings. The van der Waals surface area contributed by atoms with Gasteiger partial charge in [-0.25, -0.2) is 4.68 Å².